The lowest BCUT2D eigenvalue weighted by Crippen LogP contribution is -2.32. The standard InChI is InChI=1S/C45H38N2O6/c1-45(2,29-7-15-33(16-8-29)52-35-19-11-31(12-20-35)46-41(48)37-25-3-4-26(23-25)38(37)42(46)49)30-9-17-34(18-10-30)53-36-21-13-32(14-22-36)47-43(50)39-27-5-6-28(24-27)40(39)44(47)51/h3-22,25-28,37-40H,23-24H2,1-2H3/t25-,26-,27-,28+,37-,38+,39-,40+/m0/s1. The van der Waals surface area contributed by atoms with Gasteiger partial charge in [-0.15, -0.1) is 0 Å². The molecule has 4 aromatic carbocycles. The van der Waals surface area contributed by atoms with Gasteiger partial charge in [-0.1, -0.05) is 62.4 Å². The summed E-state index contributed by atoms with van der Waals surface area (Å²) >= 11 is 0. The summed E-state index contributed by atoms with van der Waals surface area (Å²) in [5, 5.41) is 0. The maximum absolute atomic E-state index is 13.2. The van der Waals surface area contributed by atoms with Crippen LogP contribution in [0.5, 0.6) is 23.0 Å². The summed E-state index contributed by atoms with van der Waals surface area (Å²) in [6.07, 6.45) is 10.2. The van der Waals surface area contributed by atoms with Crippen molar-refractivity contribution in [2.75, 3.05) is 9.80 Å². The Morgan fingerprint density at radius 3 is 0.981 bits per heavy atom. The Morgan fingerprint density at radius 2 is 0.698 bits per heavy atom. The molecule has 0 aromatic heterocycles. The van der Waals surface area contributed by atoms with Gasteiger partial charge in [0.2, 0.25) is 23.6 Å². The fourth-order valence-corrected chi connectivity index (χ4v) is 9.96. The predicted molar refractivity (Wildman–Crippen MR) is 198 cm³/mol. The average molecular weight is 703 g/mol. The summed E-state index contributed by atoms with van der Waals surface area (Å²) in [5.41, 5.74) is 3.11. The van der Waals surface area contributed by atoms with Crippen molar-refractivity contribution < 1.29 is 28.7 Å². The van der Waals surface area contributed by atoms with Crippen molar-refractivity contribution in [3.63, 3.8) is 0 Å². The van der Waals surface area contributed by atoms with Crippen LogP contribution >= 0.6 is 0 Å². The van der Waals surface area contributed by atoms with E-state index in [2.05, 4.69) is 62.4 Å². The lowest BCUT2D eigenvalue weighted by atomic mass is 9.78. The molecule has 2 saturated carbocycles. The number of ether oxygens (including phenoxy) is 2. The van der Waals surface area contributed by atoms with Crippen molar-refractivity contribution in [2.24, 2.45) is 47.3 Å². The first-order chi connectivity index (χ1) is 25.7. The highest BCUT2D eigenvalue weighted by Gasteiger charge is 2.60. The van der Waals surface area contributed by atoms with Gasteiger partial charge >= 0.3 is 0 Å². The number of anilines is 2. The van der Waals surface area contributed by atoms with E-state index in [0.29, 0.717) is 34.4 Å². The number of benzene rings is 4. The molecule has 264 valence electrons. The molecule has 2 saturated heterocycles. The minimum Gasteiger partial charge on any atom is -0.457 e. The number of carbonyl (C=O) groups excluding carboxylic acids is 4. The van der Waals surface area contributed by atoms with Crippen molar-refractivity contribution in [3.05, 3.63) is 132 Å². The van der Waals surface area contributed by atoms with Gasteiger partial charge in [-0.05, 0) is 120 Å². The molecule has 8 heteroatoms. The molecule has 0 spiro atoms. The summed E-state index contributed by atoms with van der Waals surface area (Å²) in [4.78, 5) is 55.5. The molecule has 0 unspecified atom stereocenters. The smallest absolute Gasteiger partial charge is 0.238 e. The number of rotatable bonds is 8. The number of allylic oxidation sites excluding steroid dienone is 4. The Kier molecular flexibility index (Phi) is 7.00. The third kappa shape index (κ3) is 4.88. The highest BCUT2D eigenvalue weighted by Crippen LogP contribution is 2.54. The summed E-state index contributed by atoms with van der Waals surface area (Å²) < 4.78 is 12.3. The number of carbonyl (C=O) groups is 4. The molecular formula is C45H38N2O6. The van der Waals surface area contributed by atoms with Crippen LogP contribution in [-0.4, -0.2) is 23.6 Å². The lowest BCUT2D eigenvalue weighted by molar-refractivity contribution is -0.124. The minimum absolute atomic E-state index is 0.0845. The first-order valence-corrected chi connectivity index (χ1v) is 18.5. The third-order valence-electron chi connectivity index (χ3n) is 12.8. The molecule has 0 N–H and O–H groups in total. The zero-order valence-electron chi connectivity index (χ0n) is 29.4. The molecule has 6 aliphatic rings. The van der Waals surface area contributed by atoms with Crippen molar-refractivity contribution in [1.82, 2.24) is 0 Å². The van der Waals surface area contributed by atoms with E-state index in [1.54, 1.807) is 48.5 Å². The van der Waals surface area contributed by atoms with Gasteiger partial charge in [0.1, 0.15) is 23.0 Å². The van der Waals surface area contributed by atoms with Crippen LogP contribution in [-0.2, 0) is 24.6 Å². The Hall–Kier alpha value is -5.76. The average Bonchev–Trinajstić information content (AvgIpc) is 4.03. The molecule has 8 atom stereocenters. The van der Waals surface area contributed by atoms with Gasteiger partial charge in [-0.25, -0.2) is 0 Å². The highest BCUT2D eigenvalue weighted by atomic mass is 16.5. The fourth-order valence-electron chi connectivity index (χ4n) is 9.96. The molecule has 2 aliphatic heterocycles. The molecule has 53 heavy (non-hydrogen) atoms. The van der Waals surface area contributed by atoms with E-state index in [-0.39, 0.29) is 76.4 Å². The van der Waals surface area contributed by atoms with Gasteiger partial charge < -0.3 is 9.47 Å². The van der Waals surface area contributed by atoms with Crippen LogP contribution in [0.4, 0.5) is 11.4 Å². The monoisotopic (exact) mass is 702 g/mol. The maximum atomic E-state index is 13.2. The Bertz CT molecular complexity index is 2020. The van der Waals surface area contributed by atoms with Crippen LogP contribution in [0.15, 0.2) is 121 Å². The number of amides is 4. The molecule has 8 nitrogen and oxygen atoms in total. The summed E-state index contributed by atoms with van der Waals surface area (Å²) in [7, 11) is 0. The second-order valence-corrected chi connectivity index (χ2v) is 15.9. The molecular weight excluding hydrogens is 665 g/mol. The SMILES string of the molecule is CC(C)(c1ccc(Oc2ccc(N3C(=O)[C@@H]4[C@H](C3=O)[C@@H]3C=C[C@H]4C3)cc2)cc1)c1ccc(Oc2ccc(N3C(=O)[C@@H]4[C@H](C3=O)[C@H]3C=C[C@H]4C3)cc2)cc1. The van der Waals surface area contributed by atoms with Crippen molar-refractivity contribution in [3.8, 4) is 23.0 Å². The Balaban J connectivity index is 0.768. The van der Waals surface area contributed by atoms with Gasteiger partial charge in [0.05, 0.1) is 35.0 Å². The van der Waals surface area contributed by atoms with E-state index < -0.39 is 0 Å². The van der Waals surface area contributed by atoms with E-state index in [4.69, 9.17) is 9.47 Å². The Morgan fingerprint density at radius 1 is 0.434 bits per heavy atom. The maximum Gasteiger partial charge on any atom is 0.238 e. The van der Waals surface area contributed by atoms with Crippen LogP contribution in [0.3, 0.4) is 0 Å². The number of hydrogen-bond donors (Lipinski definition) is 0. The van der Waals surface area contributed by atoms with Gasteiger partial charge in [0, 0.05) is 5.41 Å². The zero-order chi connectivity index (χ0) is 36.2. The number of nitrogens with zero attached hydrogens (tertiary/aromatic N) is 2. The van der Waals surface area contributed by atoms with Gasteiger partial charge in [-0.3, -0.25) is 29.0 Å². The largest absolute Gasteiger partial charge is 0.457 e. The fraction of sp³-hybridized carbons (Fsp3) is 0.289. The number of imide groups is 2. The van der Waals surface area contributed by atoms with E-state index in [0.717, 1.165) is 24.0 Å². The van der Waals surface area contributed by atoms with E-state index >= 15 is 0 Å². The van der Waals surface area contributed by atoms with Gasteiger partial charge in [0.15, 0.2) is 0 Å². The van der Waals surface area contributed by atoms with Crippen molar-refractivity contribution >= 4 is 35.0 Å². The van der Waals surface area contributed by atoms with E-state index in [9.17, 15) is 19.2 Å². The van der Waals surface area contributed by atoms with Crippen LogP contribution < -0.4 is 19.3 Å². The summed E-state index contributed by atoms with van der Waals surface area (Å²) in [6, 6.07) is 30.3. The topological polar surface area (TPSA) is 93.2 Å². The van der Waals surface area contributed by atoms with Crippen molar-refractivity contribution in [2.45, 2.75) is 32.1 Å². The van der Waals surface area contributed by atoms with Gasteiger partial charge in [0.25, 0.3) is 0 Å². The van der Waals surface area contributed by atoms with Crippen LogP contribution in [0, 0.1) is 47.3 Å². The molecule has 4 fully saturated rings. The molecule has 2 heterocycles. The van der Waals surface area contributed by atoms with Gasteiger partial charge in [-0.2, -0.15) is 0 Å². The molecule has 4 bridgehead atoms. The van der Waals surface area contributed by atoms with Crippen molar-refractivity contribution in [1.29, 1.82) is 0 Å². The Labute approximate surface area is 307 Å². The third-order valence-corrected chi connectivity index (χ3v) is 12.8. The summed E-state index contributed by atoms with van der Waals surface area (Å²) in [5.74, 6) is 2.13. The van der Waals surface area contributed by atoms with E-state index in [1.165, 1.54) is 9.80 Å². The molecule has 0 radical (unpaired) electrons. The molecule has 4 amide bonds. The second-order valence-electron chi connectivity index (χ2n) is 15.9. The molecule has 4 aromatic rings. The molecule has 4 aliphatic carbocycles. The van der Waals surface area contributed by atoms with Crippen LogP contribution in [0.2, 0.25) is 0 Å². The normalized spacial score (nSPS) is 29.1. The number of hydrogen-bond acceptors (Lipinski definition) is 6. The zero-order valence-corrected chi connectivity index (χ0v) is 29.4. The molecule has 10 rings (SSSR count). The highest BCUT2D eigenvalue weighted by molar-refractivity contribution is 6.23. The predicted octanol–water partition coefficient (Wildman–Crippen LogP) is 8.22. The quantitative estimate of drug-likeness (QED) is 0.136. The lowest BCUT2D eigenvalue weighted by Gasteiger charge is -2.26. The second kappa shape index (κ2) is 11.6. The minimum atomic E-state index is -0.301. The van der Waals surface area contributed by atoms with Crippen LogP contribution in [0.1, 0.15) is 37.8 Å². The van der Waals surface area contributed by atoms with E-state index in [1.807, 2.05) is 24.3 Å². The first-order valence-electron chi connectivity index (χ1n) is 18.5. The summed E-state index contributed by atoms with van der Waals surface area (Å²) in [6.45, 7) is 4.34. The number of fused-ring (bicyclic) bond motifs is 10. The first kappa shape index (κ1) is 31.9. The van der Waals surface area contributed by atoms with Crippen LogP contribution in [0.25, 0.3) is 0 Å².